The Labute approximate surface area is 135 Å². The fraction of sp³-hybridized carbons (Fsp3) is 0.0714. The van der Waals surface area contributed by atoms with E-state index in [1.165, 1.54) is 13.2 Å². The van der Waals surface area contributed by atoms with Crippen molar-refractivity contribution in [2.45, 2.75) is 0 Å². The molecule has 114 valence electrons. The Hall–Kier alpha value is -2.31. The molecule has 0 saturated carbocycles. The summed E-state index contributed by atoms with van der Waals surface area (Å²) >= 11 is 11.7. The van der Waals surface area contributed by atoms with Gasteiger partial charge in [-0.2, -0.15) is 0 Å². The van der Waals surface area contributed by atoms with Crippen molar-refractivity contribution >= 4 is 40.5 Å². The number of hydrogen-bond acceptors (Lipinski definition) is 4. The number of methoxy groups -OCH3 is 1. The van der Waals surface area contributed by atoms with Crippen LogP contribution in [0.3, 0.4) is 0 Å². The highest BCUT2D eigenvalue weighted by Gasteiger charge is 2.18. The average Bonchev–Trinajstić information content (AvgIpc) is 2.50. The Morgan fingerprint density at radius 3 is 2.55 bits per heavy atom. The molecular weight excluding hydrogens is 331 g/mol. The topological polar surface area (TPSA) is 81.5 Å². The van der Waals surface area contributed by atoms with Gasteiger partial charge in [-0.15, -0.1) is 0 Å². The van der Waals surface area contributed by atoms with Gasteiger partial charge in [-0.25, -0.2) is 0 Å². The first-order valence-electron chi connectivity index (χ1n) is 6.02. The lowest BCUT2D eigenvalue weighted by Crippen LogP contribution is -2.13. The summed E-state index contributed by atoms with van der Waals surface area (Å²) in [6.45, 7) is 0. The molecule has 22 heavy (non-hydrogen) atoms. The molecule has 1 amide bonds. The number of rotatable bonds is 4. The van der Waals surface area contributed by atoms with E-state index in [4.69, 9.17) is 27.9 Å². The van der Waals surface area contributed by atoms with Crippen LogP contribution in [0.1, 0.15) is 10.4 Å². The second-order valence-corrected chi connectivity index (χ2v) is 5.01. The molecule has 0 heterocycles. The zero-order valence-electron chi connectivity index (χ0n) is 11.3. The normalized spacial score (nSPS) is 10.1. The average molecular weight is 341 g/mol. The highest BCUT2D eigenvalue weighted by molar-refractivity contribution is 6.37. The standard InChI is InChI=1S/C14H10Cl2N2O4/c1-22-13-5-3-2-4-8(13)14(19)17-11-6-10(16)12(18(20)21)7-9(11)15/h2-7H,1H3,(H,17,19). The Bertz CT molecular complexity index is 750. The minimum absolute atomic E-state index is 0.0133. The predicted octanol–water partition coefficient (Wildman–Crippen LogP) is 4.16. The van der Waals surface area contributed by atoms with Gasteiger partial charge in [0.25, 0.3) is 11.6 Å². The van der Waals surface area contributed by atoms with Gasteiger partial charge in [-0.05, 0) is 18.2 Å². The first-order valence-corrected chi connectivity index (χ1v) is 6.77. The Balaban J connectivity index is 2.33. The Morgan fingerprint density at radius 1 is 1.23 bits per heavy atom. The maximum atomic E-state index is 12.2. The highest BCUT2D eigenvalue weighted by atomic mass is 35.5. The number of ether oxygens (including phenoxy) is 1. The number of halogens is 2. The van der Waals surface area contributed by atoms with E-state index in [0.717, 1.165) is 6.07 Å². The number of para-hydroxylation sites is 1. The Kier molecular flexibility index (Phi) is 4.85. The van der Waals surface area contributed by atoms with Gasteiger partial charge in [0.2, 0.25) is 0 Å². The molecule has 0 bridgehead atoms. The van der Waals surface area contributed by atoms with Crippen LogP contribution < -0.4 is 10.1 Å². The predicted molar refractivity (Wildman–Crippen MR) is 84.1 cm³/mol. The quantitative estimate of drug-likeness (QED) is 0.669. The van der Waals surface area contributed by atoms with Gasteiger partial charge in [-0.1, -0.05) is 35.3 Å². The van der Waals surface area contributed by atoms with Crippen molar-refractivity contribution in [3.8, 4) is 5.75 Å². The fourth-order valence-electron chi connectivity index (χ4n) is 1.79. The summed E-state index contributed by atoms with van der Waals surface area (Å²) in [6.07, 6.45) is 0. The molecule has 6 nitrogen and oxygen atoms in total. The van der Waals surface area contributed by atoms with E-state index in [1.54, 1.807) is 24.3 Å². The molecule has 0 aliphatic carbocycles. The zero-order valence-corrected chi connectivity index (χ0v) is 12.8. The van der Waals surface area contributed by atoms with E-state index >= 15 is 0 Å². The number of hydrogen-bond donors (Lipinski definition) is 1. The van der Waals surface area contributed by atoms with Crippen molar-refractivity contribution in [2.75, 3.05) is 12.4 Å². The minimum atomic E-state index is -0.653. The number of amides is 1. The number of carbonyl (C=O) groups is 1. The molecule has 0 aliphatic heterocycles. The van der Waals surface area contributed by atoms with Crippen LogP contribution in [0.5, 0.6) is 5.75 Å². The zero-order chi connectivity index (χ0) is 16.3. The smallest absolute Gasteiger partial charge is 0.289 e. The summed E-state index contributed by atoms with van der Waals surface area (Å²) in [5.41, 5.74) is 0.144. The molecule has 0 spiro atoms. The van der Waals surface area contributed by atoms with Crippen LogP contribution in [0.15, 0.2) is 36.4 Å². The molecule has 1 N–H and O–H groups in total. The van der Waals surface area contributed by atoms with Gasteiger partial charge < -0.3 is 10.1 Å². The summed E-state index contributed by atoms with van der Waals surface area (Å²) in [5, 5.41) is 13.2. The largest absolute Gasteiger partial charge is 0.496 e. The van der Waals surface area contributed by atoms with E-state index < -0.39 is 10.8 Å². The van der Waals surface area contributed by atoms with Gasteiger partial charge >= 0.3 is 0 Å². The van der Waals surface area contributed by atoms with E-state index in [1.807, 2.05) is 0 Å². The lowest BCUT2D eigenvalue weighted by Gasteiger charge is -2.10. The second kappa shape index (κ2) is 6.64. The molecule has 0 fully saturated rings. The van der Waals surface area contributed by atoms with Crippen LogP contribution in [0, 0.1) is 10.1 Å². The van der Waals surface area contributed by atoms with Crippen molar-refractivity contribution in [1.82, 2.24) is 0 Å². The fourth-order valence-corrected chi connectivity index (χ4v) is 2.23. The van der Waals surface area contributed by atoms with Crippen molar-refractivity contribution in [1.29, 1.82) is 0 Å². The lowest BCUT2D eigenvalue weighted by molar-refractivity contribution is -0.384. The van der Waals surface area contributed by atoms with Crippen molar-refractivity contribution in [3.05, 3.63) is 62.1 Å². The van der Waals surface area contributed by atoms with Gasteiger partial charge in [0, 0.05) is 6.07 Å². The van der Waals surface area contributed by atoms with Crippen molar-refractivity contribution in [2.24, 2.45) is 0 Å². The number of carbonyl (C=O) groups excluding carboxylic acids is 1. The summed E-state index contributed by atoms with van der Waals surface area (Å²) < 4.78 is 5.10. The first kappa shape index (κ1) is 16.1. The third kappa shape index (κ3) is 3.29. The molecule has 0 radical (unpaired) electrons. The number of anilines is 1. The first-order chi connectivity index (χ1) is 10.4. The molecule has 0 saturated heterocycles. The maximum absolute atomic E-state index is 12.2. The van der Waals surface area contributed by atoms with E-state index in [2.05, 4.69) is 5.32 Å². The van der Waals surface area contributed by atoms with E-state index in [-0.39, 0.29) is 21.4 Å². The number of benzene rings is 2. The third-order valence-electron chi connectivity index (χ3n) is 2.83. The van der Waals surface area contributed by atoms with Crippen LogP contribution in [0.25, 0.3) is 0 Å². The second-order valence-electron chi connectivity index (χ2n) is 4.19. The molecule has 2 aromatic carbocycles. The lowest BCUT2D eigenvalue weighted by atomic mass is 10.2. The van der Waals surface area contributed by atoms with Crippen molar-refractivity contribution in [3.63, 3.8) is 0 Å². The van der Waals surface area contributed by atoms with Crippen LogP contribution in [-0.2, 0) is 0 Å². The van der Waals surface area contributed by atoms with Gasteiger partial charge in [-0.3, -0.25) is 14.9 Å². The number of nitro groups is 1. The van der Waals surface area contributed by atoms with Crippen LogP contribution >= 0.6 is 23.2 Å². The van der Waals surface area contributed by atoms with Gasteiger partial charge in [0.05, 0.1) is 28.3 Å². The summed E-state index contributed by atoms with van der Waals surface area (Å²) in [7, 11) is 1.45. The van der Waals surface area contributed by atoms with Crippen LogP contribution in [0.2, 0.25) is 10.0 Å². The molecule has 0 unspecified atom stereocenters. The van der Waals surface area contributed by atoms with Gasteiger partial charge in [0.15, 0.2) is 0 Å². The SMILES string of the molecule is COc1ccccc1C(=O)Nc1cc(Cl)c([N+](=O)[O-])cc1Cl. The number of nitrogens with one attached hydrogen (secondary N) is 1. The number of nitrogens with zero attached hydrogens (tertiary/aromatic N) is 1. The molecule has 2 aromatic rings. The van der Waals surface area contributed by atoms with Gasteiger partial charge in [0.1, 0.15) is 10.8 Å². The molecule has 0 aliphatic rings. The highest BCUT2D eigenvalue weighted by Crippen LogP contribution is 2.34. The minimum Gasteiger partial charge on any atom is -0.496 e. The summed E-state index contributed by atoms with van der Waals surface area (Å²) in [4.78, 5) is 22.4. The molecule has 8 heteroatoms. The molecular formula is C14H10Cl2N2O4. The molecule has 0 atom stereocenters. The monoisotopic (exact) mass is 340 g/mol. The van der Waals surface area contributed by atoms with E-state index in [0.29, 0.717) is 11.3 Å². The summed E-state index contributed by atoms with van der Waals surface area (Å²) in [5.74, 6) is -0.0756. The molecule has 2 rings (SSSR count). The van der Waals surface area contributed by atoms with Crippen LogP contribution in [0.4, 0.5) is 11.4 Å². The Morgan fingerprint density at radius 2 is 1.91 bits per heavy atom. The van der Waals surface area contributed by atoms with Crippen molar-refractivity contribution < 1.29 is 14.5 Å². The third-order valence-corrected chi connectivity index (χ3v) is 3.45. The van der Waals surface area contributed by atoms with E-state index in [9.17, 15) is 14.9 Å². The van der Waals surface area contributed by atoms with Crippen LogP contribution in [-0.4, -0.2) is 17.9 Å². The summed E-state index contributed by atoms with van der Waals surface area (Å²) in [6, 6.07) is 8.94. The number of nitro benzene ring substituents is 1. The maximum Gasteiger partial charge on any atom is 0.289 e. The molecule has 0 aromatic heterocycles.